The Hall–Kier alpha value is -4.30. The molecule has 0 radical (unpaired) electrons. The standard InChI is InChI=1S/C23H16ClN5O3/c24-15-6-11-19(26-14-15)22(31)28-18-4-3-12-25-21(18)23(32)27-16-7-9-17(10-8-16)29-13-2-1-5-20(29)30/h1-14H,(H,27,32)(H,28,31). The Balaban J connectivity index is 1.50. The van der Waals surface area contributed by atoms with Crippen LogP contribution in [0.5, 0.6) is 0 Å². The minimum atomic E-state index is -0.505. The summed E-state index contributed by atoms with van der Waals surface area (Å²) in [6, 6.07) is 17.9. The monoisotopic (exact) mass is 445 g/mol. The molecule has 3 heterocycles. The van der Waals surface area contributed by atoms with Crippen LogP contribution in [0.1, 0.15) is 21.0 Å². The molecule has 4 aromatic rings. The molecule has 0 saturated heterocycles. The number of halogens is 1. The van der Waals surface area contributed by atoms with Crippen molar-refractivity contribution in [2.24, 2.45) is 0 Å². The summed E-state index contributed by atoms with van der Waals surface area (Å²) >= 11 is 5.80. The maximum absolute atomic E-state index is 12.8. The molecule has 0 fully saturated rings. The molecule has 1 aromatic carbocycles. The van der Waals surface area contributed by atoms with Gasteiger partial charge in [0.1, 0.15) is 5.69 Å². The molecule has 0 aliphatic rings. The van der Waals surface area contributed by atoms with Crippen LogP contribution < -0.4 is 16.2 Å². The van der Waals surface area contributed by atoms with Crippen LogP contribution in [0.2, 0.25) is 5.02 Å². The third kappa shape index (κ3) is 4.71. The first-order valence-electron chi connectivity index (χ1n) is 9.49. The van der Waals surface area contributed by atoms with Crippen molar-refractivity contribution in [1.82, 2.24) is 14.5 Å². The van der Waals surface area contributed by atoms with E-state index in [1.807, 2.05) is 0 Å². The van der Waals surface area contributed by atoms with Crippen molar-refractivity contribution in [3.63, 3.8) is 0 Å². The van der Waals surface area contributed by atoms with E-state index in [1.165, 1.54) is 29.1 Å². The van der Waals surface area contributed by atoms with Crippen molar-refractivity contribution in [3.8, 4) is 5.69 Å². The zero-order chi connectivity index (χ0) is 22.5. The smallest absolute Gasteiger partial charge is 0.276 e. The number of pyridine rings is 3. The van der Waals surface area contributed by atoms with Crippen LogP contribution in [0, 0.1) is 0 Å². The van der Waals surface area contributed by atoms with Crippen LogP contribution in [-0.4, -0.2) is 26.3 Å². The first-order valence-corrected chi connectivity index (χ1v) is 9.86. The van der Waals surface area contributed by atoms with Gasteiger partial charge in [0.15, 0.2) is 5.69 Å². The Kier molecular flexibility index (Phi) is 6.05. The molecule has 0 aliphatic carbocycles. The summed E-state index contributed by atoms with van der Waals surface area (Å²) in [5.74, 6) is -1.00. The summed E-state index contributed by atoms with van der Waals surface area (Å²) in [7, 11) is 0. The second-order valence-electron chi connectivity index (χ2n) is 6.63. The van der Waals surface area contributed by atoms with Gasteiger partial charge < -0.3 is 10.6 Å². The van der Waals surface area contributed by atoms with Crippen molar-refractivity contribution >= 4 is 34.8 Å². The van der Waals surface area contributed by atoms with Crippen molar-refractivity contribution < 1.29 is 9.59 Å². The number of nitrogens with zero attached hydrogens (tertiary/aromatic N) is 3. The first kappa shape index (κ1) is 21.0. The first-order chi connectivity index (χ1) is 15.5. The quantitative estimate of drug-likeness (QED) is 0.486. The van der Waals surface area contributed by atoms with E-state index < -0.39 is 11.8 Å². The lowest BCUT2D eigenvalue weighted by molar-refractivity contribution is 0.102. The van der Waals surface area contributed by atoms with E-state index in [0.717, 1.165) is 0 Å². The van der Waals surface area contributed by atoms with Crippen LogP contribution >= 0.6 is 11.6 Å². The van der Waals surface area contributed by atoms with Gasteiger partial charge in [-0.1, -0.05) is 17.7 Å². The molecular formula is C23H16ClN5O3. The van der Waals surface area contributed by atoms with E-state index in [1.54, 1.807) is 60.8 Å². The molecule has 32 heavy (non-hydrogen) atoms. The molecule has 8 nitrogen and oxygen atoms in total. The number of carbonyl (C=O) groups excluding carboxylic acids is 2. The third-order valence-electron chi connectivity index (χ3n) is 4.46. The SMILES string of the molecule is O=C(Nc1cccnc1C(=O)Nc1ccc(-n2ccccc2=O)cc1)c1ccc(Cl)cn1. The van der Waals surface area contributed by atoms with Crippen LogP contribution in [0.25, 0.3) is 5.69 Å². The number of anilines is 2. The number of aromatic nitrogens is 3. The van der Waals surface area contributed by atoms with E-state index in [0.29, 0.717) is 16.4 Å². The van der Waals surface area contributed by atoms with Gasteiger partial charge in [0.25, 0.3) is 17.4 Å². The van der Waals surface area contributed by atoms with Crippen LogP contribution in [-0.2, 0) is 0 Å². The summed E-state index contributed by atoms with van der Waals surface area (Å²) in [5.41, 5.74) is 1.43. The van der Waals surface area contributed by atoms with Gasteiger partial charge in [-0.2, -0.15) is 0 Å². The lowest BCUT2D eigenvalue weighted by Crippen LogP contribution is -2.20. The number of benzene rings is 1. The number of amides is 2. The molecule has 3 aromatic heterocycles. The van der Waals surface area contributed by atoms with E-state index in [4.69, 9.17) is 11.6 Å². The lowest BCUT2D eigenvalue weighted by Gasteiger charge is -2.11. The molecule has 0 bridgehead atoms. The van der Waals surface area contributed by atoms with Crippen molar-refractivity contribution in [2.75, 3.05) is 10.6 Å². The molecular weight excluding hydrogens is 430 g/mol. The zero-order valence-corrected chi connectivity index (χ0v) is 17.3. The predicted octanol–water partition coefficient (Wildman–Crippen LogP) is 3.79. The van der Waals surface area contributed by atoms with E-state index in [9.17, 15) is 14.4 Å². The molecule has 2 amide bonds. The Morgan fingerprint density at radius 3 is 2.38 bits per heavy atom. The van der Waals surface area contributed by atoms with E-state index >= 15 is 0 Å². The lowest BCUT2D eigenvalue weighted by atomic mass is 10.2. The van der Waals surface area contributed by atoms with Crippen molar-refractivity contribution in [3.05, 3.63) is 112 Å². The number of hydrogen-bond acceptors (Lipinski definition) is 5. The summed E-state index contributed by atoms with van der Waals surface area (Å²) in [5, 5.41) is 5.79. The molecule has 2 N–H and O–H groups in total. The normalized spacial score (nSPS) is 10.4. The molecule has 0 unspecified atom stereocenters. The summed E-state index contributed by atoms with van der Waals surface area (Å²) < 4.78 is 1.49. The van der Waals surface area contributed by atoms with E-state index in [2.05, 4.69) is 20.6 Å². The summed E-state index contributed by atoms with van der Waals surface area (Å²) in [6.45, 7) is 0. The highest BCUT2D eigenvalue weighted by Crippen LogP contribution is 2.18. The Bertz CT molecular complexity index is 1330. The van der Waals surface area contributed by atoms with Crippen LogP contribution in [0.15, 0.2) is 90.1 Å². The molecule has 9 heteroatoms. The molecule has 4 rings (SSSR count). The van der Waals surface area contributed by atoms with Gasteiger partial charge in [0, 0.05) is 36.0 Å². The largest absolute Gasteiger partial charge is 0.321 e. The van der Waals surface area contributed by atoms with Gasteiger partial charge >= 0.3 is 0 Å². The second-order valence-corrected chi connectivity index (χ2v) is 7.06. The number of nitrogens with one attached hydrogen (secondary N) is 2. The molecule has 0 aliphatic heterocycles. The average Bonchev–Trinajstić information content (AvgIpc) is 2.81. The fourth-order valence-corrected chi connectivity index (χ4v) is 3.03. The van der Waals surface area contributed by atoms with Crippen molar-refractivity contribution in [1.29, 1.82) is 0 Å². The highest BCUT2D eigenvalue weighted by Gasteiger charge is 2.16. The maximum atomic E-state index is 12.8. The highest BCUT2D eigenvalue weighted by atomic mass is 35.5. The van der Waals surface area contributed by atoms with Gasteiger partial charge in [-0.15, -0.1) is 0 Å². The molecule has 0 atom stereocenters. The predicted molar refractivity (Wildman–Crippen MR) is 121 cm³/mol. The van der Waals surface area contributed by atoms with Crippen molar-refractivity contribution in [2.45, 2.75) is 0 Å². The molecule has 0 spiro atoms. The van der Waals surface area contributed by atoms with Gasteiger partial charge in [-0.25, -0.2) is 9.97 Å². The number of rotatable bonds is 5. The Morgan fingerprint density at radius 2 is 1.66 bits per heavy atom. The Labute approximate surface area is 187 Å². The fourth-order valence-electron chi connectivity index (χ4n) is 2.92. The van der Waals surface area contributed by atoms with Crippen LogP contribution in [0.4, 0.5) is 11.4 Å². The molecule has 158 valence electrons. The van der Waals surface area contributed by atoms with Gasteiger partial charge in [0.05, 0.1) is 10.7 Å². The number of carbonyl (C=O) groups is 2. The topological polar surface area (TPSA) is 106 Å². The van der Waals surface area contributed by atoms with E-state index in [-0.39, 0.29) is 22.6 Å². The average molecular weight is 446 g/mol. The van der Waals surface area contributed by atoms with Gasteiger partial charge in [-0.05, 0) is 54.6 Å². The number of hydrogen-bond donors (Lipinski definition) is 2. The van der Waals surface area contributed by atoms with Gasteiger partial charge in [0.2, 0.25) is 0 Å². The summed E-state index contributed by atoms with van der Waals surface area (Å²) in [6.07, 6.45) is 4.48. The highest BCUT2D eigenvalue weighted by molar-refractivity contribution is 6.30. The van der Waals surface area contributed by atoms with Gasteiger partial charge in [-0.3, -0.25) is 19.0 Å². The maximum Gasteiger partial charge on any atom is 0.276 e. The third-order valence-corrected chi connectivity index (χ3v) is 4.68. The minimum absolute atomic E-state index is 0.0400. The zero-order valence-electron chi connectivity index (χ0n) is 16.5. The summed E-state index contributed by atoms with van der Waals surface area (Å²) in [4.78, 5) is 45.3. The van der Waals surface area contributed by atoms with Crippen LogP contribution in [0.3, 0.4) is 0 Å². The molecule has 0 saturated carbocycles. The second kappa shape index (κ2) is 9.23. The fraction of sp³-hybridized carbons (Fsp3) is 0. The minimum Gasteiger partial charge on any atom is -0.321 e. The Morgan fingerprint density at radius 1 is 0.844 bits per heavy atom.